The molecule has 19 heavy (non-hydrogen) atoms. The molecule has 0 aliphatic rings. The van der Waals surface area contributed by atoms with E-state index in [1.54, 1.807) is 18.2 Å². The van der Waals surface area contributed by atoms with Crippen LogP contribution in [0.2, 0.25) is 0 Å². The smallest absolute Gasteiger partial charge is 0.243 e. The van der Waals surface area contributed by atoms with E-state index in [9.17, 15) is 9.59 Å². The minimum Gasteiger partial charge on any atom is -0.495 e. The van der Waals surface area contributed by atoms with Crippen LogP contribution in [0.3, 0.4) is 0 Å². The van der Waals surface area contributed by atoms with Crippen molar-refractivity contribution < 1.29 is 14.3 Å². The minimum absolute atomic E-state index is 0.0381. The molecule has 1 rings (SSSR count). The molecule has 0 spiro atoms. The number of benzene rings is 1. The Morgan fingerprint density at radius 2 is 1.89 bits per heavy atom. The quantitative estimate of drug-likeness (QED) is 0.823. The van der Waals surface area contributed by atoms with Gasteiger partial charge in [-0.1, -0.05) is 26.0 Å². The molecule has 0 fully saturated rings. The Balaban J connectivity index is 2.45. The molecule has 0 bridgehead atoms. The van der Waals surface area contributed by atoms with E-state index in [2.05, 4.69) is 10.6 Å². The van der Waals surface area contributed by atoms with Crippen molar-refractivity contribution in [1.29, 1.82) is 0 Å². The summed E-state index contributed by atoms with van der Waals surface area (Å²) in [7, 11) is 1.54. The zero-order chi connectivity index (χ0) is 14.3. The molecular formula is C14H20N2O3. The summed E-state index contributed by atoms with van der Waals surface area (Å²) < 4.78 is 5.12. The fourth-order valence-corrected chi connectivity index (χ4v) is 1.56. The predicted octanol–water partition coefficient (Wildman–Crippen LogP) is 1.80. The zero-order valence-electron chi connectivity index (χ0n) is 11.5. The lowest BCUT2D eigenvalue weighted by Gasteiger charge is -2.10. The maximum absolute atomic E-state index is 11.7. The van der Waals surface area contributed by atoms with Crippen LogP contribution in [0.4, 0.5) is 5.69 Å². The average molecular weight is 264 g/mol. The van der Waals surface area contributed by atoms with Crippen molar-refractivity contribution in [2.75, 3.05) is 19.0 Å². The van der Waals surface area contributed by atoms with Gasteiger partial charge in [0.1, 0.15) is 5.75 Å². The van der Waals surface area contributed by atoms with Crippen LogP contribution < -0.4 is 15.4 Å². The summed E-state index contributed by atoms with van der Waals surface area (Å²) >= 11 is 0. The van der Waals surface area contributed by atoms with Crippen molar-refractivity contribution in [3.63, 3.8) is 0 Å². The van der Waals surface area contributed by atoms with Crippen LogP contribution in [0.15, 0.2) is 24.3 Å². The van der Waals surface area contributed by atoms with Crippen LogP contribution >= 0.6 is 0 Å². The van der Waals surface area contributed by atoms with Gasteiger partial charge in [-0.25, -0.2) is 0 Å². The van der Waals surface area contributed by atoms with Crippen LogP contribution in [-0.4, -0.2) is 25.5 Å². The number of rotatable bonds is 6. The first-order valence-corrected chi connectivity index (χ1v) is 6.22. The molecule has 0 heterocycles. The topological polar surface area (TPSA) is 67.4 Å². The number of amides is 2. The number of hydrogen-bond acceptors (Lipinski definition) is 3. The highest BCUT2D eigenvalue weighted by Gasteiger charge is 2.09. The summed E-state index contributed by atoms with van der Waals surface area (Å²) in [6.07, 6.45) is 0.419. The van der Waals surface area contributed by atoms with Crippen LogP contribution in [0.25, 0.3) is 0 Å². The number of carbonyl (C=O) groups is 2. The van der Waals surface area contributed by atoms with Gasteiger partial charge in [0.15, 0.2) is 0 Å². The Kier molecular flexibility index (Phi) is 5.85. The second-order valence-corrected chi connectivity index (χ2v) is 4.62. The fourth-order valence-electron chi connectivity index (χ4n) is 1.56. The number of ether oxygens (including phenoxy) is 1. The molecule has 0 atom stereocenters. The highest BCUT2D eigenvalue weighted by molar-refractivity contribution is 5.95. The van der Waals surface area contributed by atoms with Gasteiger partial charge in [-0.15, -0.1) is 0 Å². The molecule has 2 N–H and O–H groups in total. The van der Waals surface area contributed by atoms with Gasteiger partial charge in [0.2, 0.25) is 11.8 Å². The van der Waals surface area contributed by atoms with Gasteiger partial charge in [-0.2, -0.15) is 0 Å². The van der Waals surface area contributed by atoms with Gasteiger partial charge in [-0.3, -0.25) is 9.59 Å². The highest BCUT2D eigenvalue weighted by atomic mass is 16.5. The maximum Gasteiger partial charge on any atom is 0.243 e. The number of hydrogen-bond donors (Lipinski definition) is 2. The molecule has 1 aromatic rings. The Labute approximate surface area is 113 Å². The number of carbonyl (C=O) groups excluding carboxylic acids is 2. The third kappa shape index (κ3) is 5.42. The first-order valence-electron chi connectivity index (χ1n) is 6.22. The predicted molar refractivity (Wildman–Crippen MR) is 74.1 cm³/mol. The molecule has 0 aliphatic carbocycles. The van der Waals surface area contributed by atoms with Gasteiger partial charge >= 0.3 is 0 Å². The molecule has 0 aliphatic heterocycles. The summed E-state index contributed by atoms with van der Waals surface area (Å²) in [6, 6.07) is 7.12. The van der Waals surface area contributed by atoms with Gasteiger partial charge in [0.05, 0.1) is 19.3 Å². The molecule has 5 nitrogen and oxygen atoms in total. The number of anilines is 1. The molecule has 0 saturated heterocycles. The van der Waals surface area contributed by atoms with E-state index >= 15 is 0 Å². The van der Waals surface area contributed by atoms with Gasteiger partial charge < -0.3 is 15.4 Å². The van der Waals surface area contributed by atoms with E-state index < -0.39 is 0 Å². The van der Waals surface area contributed by atoms with E-state index in [1.165, 1.54) is 7.11 Å². The molecule has 1 aromatic carbocycles. The molecular weight excluding hydrogens is 244 g/mol. The van der Waals surface area contributed by atoms with Crippen LogP contribution in [-0.2, 0) is 9.59 Å². The molecule has 0 aromatic heterocycles. The van der Waals surface area contributed by atoms with Crippen molar-refractivity contribution in [3.05, 3.63) is 24.3 Å². The summed E-state index contributed by atoms with van der Waals surface area (Å²) in [5.41, 5.74) is 0.591. The van der Waals surface area contributed by atoms with Crippen molar-refractivity contribution in [3.8, 4) is 5.75 Å². The van der Waals surface area contributed by atoms with Crippen LogP contribution in [0, 0.1) is 5.92 Å². The molecule has 2 amide bonds. The Hall–Kier alpha value is -2.04. The summed E-state index contributed by atoms with van der Waals surface area (Å²) in [6.45, 7) is 3.87. The third-order valence-electron chi connectivity index (χ3n) is 2.42. The molecule has 104 valence electrons. The molecule has 0 saturated carbocycles. The van der Waals surface area contributed by atoms with E-state index in [1.807, 2.05) is 19.9 Å². The normalized spacial score (nSPS) is 10.1. The van der Waals surface area contributed by atoms with Crippen molar-refractivity contribution in [2.24, 2.45) is 5.92 Å². The van der Waals surface area contributed by atoms with Crippen molar-refractivity contribution in [2.45, 2.75) is 20.3 Å². The number of para-hydroxylation sites is 2. The Morgan fingerprint density at radius 1 is 1.21 bits per heavy atom. The summed E-state index contributed by atoms with van der Waals surface area (Å²) in [5.74, 6) is 0.466. The average Bonchev–Trinajstić information content (AvgIpc) is 2.36. The fraction of sp³-hybridized carbons (Fsp3) is 0.429. The maximum atomic E-state index is 11.7. The second kappa shape index (κ2) is 7.41. The largest absolute Gasteiger partial charge is 0.495 e. The zero-order valence-corrected chi connectivity index (χ0v) is 11.5. The van der Waals surface area contributed by atoms with E-state index in [0.29, 0.717) is 17.9 Å². The van der Waals surface area contributed by atoms with E-state index in [4.69, 9.17) is 4.74 Å². The summed E-state index contributed by atoms with van der Waals surface area (Å²) in [4.78, 5) is 23.1. The SMILES string of the molecule is COc1ccccc1NC(=O)CNC(=O)CC(C)C. The van der Waals surface area contributed by atoms with Crippen LogP contribution in [0.1, 0.15) is 20.3 Å². The second-order valence-electron chi connectivity index (χ2n) is 4.62. The lowest BCUT2D eigenvalue weighted by molar-refractivity contribution is -0.124. The van der Waals surface area contributed by atoms with Crippen molar-refractivity contribution >= 4 is 17.5 Å². The molecule has 5 heteroatoms. The molecule has 0 unspecified atom stereocenters. The summed E-state index contributed by atoms with van der Waals surface area (Å²) in [5, 5.41) is 5.27. The first kappa shape index (κ1) is 15.0. The van der Waals surface area contributed by atoms with Crippen LogP contribution in [0.5, 0.6) is 5.75 Å². The van der Waals surface area contributed by atoms with E-state index in [0.717, 1.165) is 0 Å². The van der Waals surface area contributed by atoms with E-state index in [-0.39, 0.29) is 24.3 Å². The lowest BCUT2D eigenvalue weighted by Crippen LogP contribution is -2.33. The van der Waals surface area contributed by atoms with Gasteiger partial charge in [0.25, 0.3) is 0 Å². The first-order chi connectivity index (χ1) is 9.02. The molecule has 0 radical (unpaired) electrons. The Morgan fingerprint density at radius 3 is 2.53 bits per heavy atom. The highest BCUT2D eigenvalue weighted by Crippen LogP contribution is 2.22. The number of nitrogens with one attached hydrogen (secondary N) is 2. The minimum atomic E-state index is -0.276. The van der Waals surface area contributed by atoms with Gasteiger partial charge in [0, 0.05) is 6.42 Å². The third-order valence-corrected chi connectivity index (χ3v) is 2.42. The monoisotopic (exact) mass is 264 g/mol. The number of methoxy groups -OCH3 is 1. The standard InChI is InChI=1S/C14H20N2O3/c1-10(2)8-13(17)15-9-14(18)16-11-6-4-5-7-12(11)19-3/h4-7,10H,8-9H2,1-3H3,(H,15,17)(H,16,18). The van der Waals surface area contributed by atoms with Gasteiger partial charge in [-0.05, 0) is 18.1 Å². The lowest BCUT2D eigenvalue weighted by atomic mass is 10.1. The Bertz CT molecular complexity index is 444. The van der Waals surface area contributed by atoms with Crippen molar-refractivity contribution in [1.82, 2.24) is 5.32 Å².